The van der Waals surface area contributed by atoms with Crippen molar-refractivity contribution in [2.24, 2.45) is 0 Å². The molecule has 0 unspecified atom stereocenters. The Labute approximate surface area is 869 Å². The third-order valence-electron chi connectivity index (χ3n) is 24.4. The van der Waals surface area contributed by atoms with Crippen LogP contribution in [0.5, 0.6) is 11.5 Å². The van der Waals surface area contributed by atoms with Crippen LogP contribution in [0.3, 0.4) is 0 Å². The number of hydrogen-bond donors (Lipinski definition) is 0. The van der Waals surface area contributed by atoms with E-state index in [1.165, 1.54) is 178 Å². The summed E-state index contributed by atoms with van der Waals surface area (Å²) in [5, 5.41) is 20.7. The molecule has 5 nitrogen and oxygen atoms in total. The largest absolute Gasteiger partial charge is 0.497 e. The summed E-state index contributed by atoms with van der Waals surface area (Å²) < 4.78 is 50.4. The number of allylic oxidation sites excluding steroid dienone is 1. The van der Waals surface area contributed by atoms with E-state index in [-0.39, 0.29) is 17.5 Å². The molecule has 0 N–H and O–H groups in total. The minimum Gasteiger partial charge on any atom is -0.497 e. The van der Waals surface area contributed by atoms with E-state index in [4.69, 9.17) is 9.47 Å². The Morgan fingerprint density at radius 3 is 0.877 bits per heavy atom. The van der Waals surface area contributed by atoms with Crippen LogP contribution in [0.1, 0.15) is 89.5 Å². The van der Waals surface area contributed by atoms with Crippen LogP contribution in [-0.2, 0) is 6.42 Å². The standard InChI is InChI=1S/C21H21O2P.3C21H21P.C18H12F3P.C14H11N.C10H9N.C7H9N/c1-16-7-4-10-19(13-16)24(20-11-5-8-17(14-20)22-2)21-12-6-9-18(15-21)23-3;1-16-4-10-19(11-5-16)22(20-12-6-17(2)7-13-20)21-14-8-18(3)9-15-21;1-16-7-4-10-19(13-16)22(20-11-5-8-17(2)14-20)21-12-6-9-18(3)15-21;1-16-10-4-7-13-19(16)22(20-14-8-5-11-17(20)2)21-15-9-6-12-18(21)3;19-13-1-7-16(8-2-13)22(17-9-3-14(20)4-10-17)18-11-5-15(21)6-12-18;1-2-6-12-10-13(9-11(12)5-1)14-7-3-4-8-15-14;1-8-6-7-9-4-2-3-5-10(9)11-8;1-6-4-3-5-7(2)8-6/h4-15H,1-3H3;3*4-15H,1-3H3;1-12H;1-9H,10H2;2-7H,1H3;3-5H,1-2H3. The van der Waals surface area contributed by atoms with Crippen LogP contribution in [0.25, 0.3) is 22.6 Å². The van der Waals surface area contributed by atoms with Crippen molar-refractivity contribution in [1.82, 2.24) is 15.0 Å². The lowest BCUT2D eigenvalue weighted by molar-refractivity contribution is 0.415. The summed E-state index contributed by atoms with van der Waals surface area (Å²) in [4.78, 5) is 12.9. The second-order valence-electron chi connectivity index (χ2n) is 36.1. The van der Waals surface area contributed by atoms with Crippen molar-refractivity contribution in [1.29, 1.82) is 0 Å². The van der Waals surface area contributed by atoms with Crippen molar-refractivity contribution in [3.05, 3.63) is 574 Å². The maximum absolute atomic E-state index is 13.2. The van der Waals surface area contributed by atoms with Gasteiger partial charge in [-0.05, 0) is 346 Å². The number of methoxy groups -OCH3 is 2. The lowest BCUT2D eigenvalue weighted by Gasteiger charge is -2.24. The van der Waals surface area contributed by atoms with Crippen LogP contribution in [0.2, 0.25) is 0 Å². The van der Waals surface area contributed by atoms with Gasteiger partial charge in [0.25, 0.3) is 0 Å². The molecular formula is C133H125F3N3O2P5. The highest BCUT2D eigenvalue weighted by Crippen LogP contribution is 2.41. The van der Waals surface area contributed by atoms with Crippen molar-refractivity contribution >= 4 is 142 Å². The highest BCUT2D eigenvalue weighted by molar-refractivity contribution is 7.81. The number of pyridine rings is 3. The van der Waals surface area contributed by atoms with Gasteiger partial charge in [-0.1, -0.05) is 403 Å². The minimum atomic E-state index is -0.983. The molecule has 146 heavy (non-hydrogen) atoms. The predicted molar refractivity (Wildman–Crippen MR) is 629 cm³/mol. The van der Waals surface area contributed by atoms with Crippen LogP contribution >= 0.6 is 39.6 Å². The molecule has 3 heterocycles. The van der Waals surface area contributed by atoms with Gasteiger partial charge in [-0.25, -0.2) is 13.2 Å². The smallest absolute Gasteiger partial charge is 0.123 e. The van der Waals surface area contributed by atoms with Gasteiger partial charge in [-0.3, -0.25) is 15.0 Å². The summed E-state index contributed by atoms with van der Waals surface area (Å²) in [7, 11) is 0.280. The summed E-state index contributed by atoms with van der Waals surface area (Å²) in [5.74, 6) is 0.844. The van der Waals surface area contributed by atoms with E-state index < -0.39 is 39.6 Å². The van der Waals surface area contributed by atoms with E-state index in [0.29, 0.717) is 0 Å². The number of fused-ring (bicyclic) bond motifs is 2. The fraction of sp³-hybridized carbons (Fsp3) is 0.120. The number of aromatic nitrogens is 3. The van der Waals surface area contributed by atoms with Gasteiger partial charge in [-0.15, -0.1) is 0 Å². The molecular weight excluding hydrogens is 1880 g/mol. The minimum absolute atomic E-state index is 0.308. The fourth-order valence-corrected chi connectivity index (χ4v) is 29.2. The summed E-state index contributed by atoms with van der Waals surface area (Å²) in [6, 6.07) is 157. The Morgan fingerprint density at radius 1 is 0.233 bits per heavy atom. The molecule has 0 spiro atoms. The Balaban J connectivity index is 0.000000134. The summed E-state index contributed by atoms with van der Waals surface area (Å²) in [6.45, 7) is 27.7. The molecule has 0 saturated heterocycles. The van der Waals surface area contributed by atoms with Crippen molar-refractivity contribution in [3.63, 3.8) is 0 Å². The first-order valence-electron chi connectivity index (χ1n) is 49.0. The Bertz CT molecular complexity index is 7010. The molecule has 17 aromatic carbocycles. The average molecular weight is 2010 g/mol. The number of benzene rings is 17. The maximum atomic E-state index is 13.2. The lowest BCUT2D eigenvalue weighted by atomic mass is 10.1. The molecule has 0 aliphatic heterocycles. The Morgan fingerprint density at radius 2 is 0.541 bits per heavy atom. The number of ether oxygens (including phenoxy) is 2. The topological polar surface area (TPSA) is 57.1 Å². The normalized spacial score (nSPS) is 11.0. The first-order chi connectivity index (χ1) is 70.9. The second-order valence-corrected chi connectivity index (χ2v) is 47.1. The Kier molecular flexibility index (Phi) is 39.8. The van der Waals surface area contributed by atoms with Crippen LogP contribution in [0.15, 0.2) is 467 Å². The van der Waals surface area contributed by atoms with Gasteiger partial charge in [0, 0.05) is 35.1 Å². The molecule has 1 aliphatic rings. The summed E-state index contributed by atoms with van der Waals surface area (Å²) in [6.07, 6.45) is 5.09. The number of para-hydroxylation sites is 1. The van der Waals surface area contributed by atoms with Crippen molar-refractivity contribution < 1.29 is 22.6 Å². The molecule has 1 aliphatic carbocycles. The van der Waals surface area contributed by atoms with E-state index in [2.05, 4.69) is 412 Å². The lowest BCUT2D eigenvalue weighted by Crippen LogP contribution is -2.25. The quantitative estimate of drug-likeness (QED) is 0.0802. The third-order valence-corrected chi connectivity index (χ3v) is 37.0. The number of nitrogens with zero attached hydrogens (tertiary/aromatic N) is 3. The molecule has 3 aromatic heterocycles. The molecule has 21 rings (SSSR count). The van der Waals surface area contributed by atoms with Gasteiger partial charge in [0.05, 0.1) is 25.4 Å². The second kappa shape index (κ2) is 54.1. The predicted octanol–water partition coefficient (Wildman–Crippen LogP) is 28.2. The summed E-state index contributed by atoms with van der Waals surface area (Å²) >= 11 is 0. The van der Waals surface area contributed by atoms with Crippen LogP contribution < -0.4 is 89.0 Å². The first kappa shape index (κ1) is 107. The Hall–Kier alpha value is -14.3. The molecule has 0 atom stereocenters. The zero-order valence-corrected chi connectivity index (χ0v) is 90.2. The molecule has 0 bridgehead atoms. The van der Waals surface area contributed by atoms with E-state index in [9.17, 15) is 13.2 Å². The van der Waals surface area contributed by atoms with Crippen LogP contribution in [0.4, 0.5) is 13.2 Å². The van der Waals surface area contributed by atoms with E-state index in [1.54, 1.807) is 50.6 Å². The maximum Gasteiger partial charge on any atom is 0.123 e. The monoisotopic (exact) mass is 2010 g/mol. The van der Waals surface area contributed by atoms with Gasteiger partial charge in [0.1, 0.15) is 29.0 Å². The first-order valence-corrected chi connectivity index (χ1v) is 55.7. The van der Waals surface area contributed by atoms with Crippen molar-refractivity contribution in [2.45, 2.75) is 96.4 Å². The van der Waals surface area contributed by atoms with E-state index in [1.807, 2.05) is 93.7 Å². The molecule has 20 aromatic rings. The molecule has 0 fully saturated rings. The van der Waals surface area contributed by atoms with Gasteiger partial charge >= 0.3 is 0 Å². The molecule has 0 amide bonds. The SMILES string of the molecule is C1=C(c2ccccn2)Cc2ccccc21.COc1cccc(P(c2cccc(C)c2)c2cccc(OC)c2)c1.Cc1ccc(P(c2ccc(C)cc2)c2ccc(C)cc2)cc1.Cc1ccc2ccccc2n1.Cc1cccc(C)n1.Cc1cccc(P(c2cccc(C)c2)c2cccc(C)c2)c1.Cc1ccccc1P(c1ccccc1C)c1ccccc1C.Fc1ccc(P(c2ccc(F)cc2)c2ccc(F)cc2)cc1. The van der Waals surface area contributed by atoms with Crippen molar-refractivity contribution in [3.8, 4) is 11.5 Å². The average Bonchev–Trinajstić information content (AvgIpc) is 0.973. The molecule has 0 radical (unpaired) electrons. The molecule has 13 heteroatoms. The highest BCUT2D eigenvalue weighted by atomic mass is 31.1. The zero-order chi connectivity index (χ0) is 103. The molecule has 0 saturated carbocycles. The highest BCUT2D eigenvalue weighted by Gasteiger charge is 2.25. The van der Waals surface area contributed by atoms with Gasteiger partial charge in [0.2, 0.25) is 0 Å². The number of aryl methyl sites for hydroxylation is 13. The van der Waals surface area contributed by atoms with Gasteiger partial charge < -0.3 is 9.47 Å². The van der Waals surface area contributed by atoms with E-state index >= 15 is 0 Å². The van der Waals surface area contributed by atoms with Crippen LogP contribution in [0, 0.1) is 107 Å². The third kappa shape index (κ3) is 30.9. The number of halogens is 3. The van der Waals surface area contributed by atoms with Crippen molar-refractivity contribution in [2.75, 3.05) is 14.2 Å². The van der Waals surface area contributed by atoms with Crippen LogP contribution in [-0.4, -0.2) is 29.2 Å². The fourth-order valence-electron chi connectivity index (χ4n) is 16.9. The van der Waals surface area contributed by atoms with Gasteiger partial charge in [-0.2, -0.15) is 0 Å². The molecule has 730 valence electrons. The number of hydrogen-bond acceptors (Lipinski definition) is 5. The van der Waals surface area contributed by atoms with E-state index in [0.717, 1.165) is 62.1 Å². The summed E-state index contributed by atoms with van der Waals surface area (Å²) in [5.41, 5.74) is 22.8. The zero-order valence-electron chi connectivity index (χ0n) is 85.8. The van der Waals surface area contributed by atoms with Gasteiger partial charge in [0.15, 0.2) is 0 Å². The number of rotatable bonds is 18.